The van der Waals surface area contributed by atoms with Gasteiger partial charge in [-0.05, 0) is 113 Å². The van der Waals surface area contributed by atoms with Gasteiger partial charge in [0, 0.05) is 9.75 Å². The van der Waals surface area contributed by atoms with Gasteiger partial charge in [0.05, 0.1) is 0 Å². The Kier molecular flexibility index (Phi) is 10.7. The molecule has 0 saturated heterocycles. The third-order valence-electron chi connectivity index (χ3n) is 13.6. The number of thiophene rings is 2. The molecule has 0 nitrogen and oxygen atoms in total. The van der Waals surface area contributed by atoms with Gasteiger partial charge >= 0.3 is 0 Å². The molecule has 0 aliphatic carbocycles. The van der Waals surface area contributed by atoms with Crippen LogP contribution in [0.1, 0.15) is 66.8 Å². The average molecular weight is 843 g/mol. The Morgan fingerprint density at radius 3 is 0.820 bits per heavy atom. The van der Waals surface area contributed by atoms with E-state index < -0.39 is 8.07 Å². The number of rotatable bonds is 8. The van der Waals surface area contributed by atoms with E-state index in [1.54, 1.807) is 10.4 Å². The Morgan fingerprint density at radius 2 is 0.574 bits per heavy atom. The van der Waals surface area contributed by atoms with Gasteiger partial charge in [-0.25, -0.2) is 0 Å². The summed E-state index contributed by atoms with van der Waals surface area (Å²) in [6.07, 6.45) is 0. The summed E-state index contributed by atoms with van der Waals surface area (Å²) in [5.41, 5.74) is 22.1. The molecule has 61 heavy (non-hydrogen) atoms. The topological polar surface area (TPSA) is 0 Å². The van der Waals surface area contributed by atoms with E-state index in [1.165, 1.54) is 118 Å². The predicted octanol–water partition coefficient (Wildman–Crippen LogP) is 7.90. The lowest BCUT2D eigenvalue weighted by molar-refractivity contribution is 1.34. The zero-order valence-electron chi connectivity index (χ0n) is 38.0. The highest BCUT2D eigenvalue weighted by Gasteiger charge is 2.52. The van der Waals surface area contributed by atoms with Gasteiger partial charge in [0.1, 0.15) is 0 Å². The number of hydrogen-bond acceptors (Lipinski definition) is 2. The first kappa shape index (κ1) is 41.4. The average Bonchev–Trinajstić information content (AvgIpc) is 3.87. The Morgan fingerprint density at radius 1 is 0.328 bits per heavy atom. The quantitative estimate of drug-likeness (QED) is 0.137. The fraction of sp³-hybridized carbons (Fsp3) is 0.214. The molecule has 3 heterocycles. The maximum absolute atomic E-state index is 2.80. The van der Waals surface area contributed by atoms with E-state index >= 15 is 0 Å². The molecule has 0 fully saturated rings. The molecular formula is C56H56B2S2Si. The molecule has 1 aliphatic heterocycles. The smallest absolute Gasteiger partial charge is 0.149 e. The first-order valence-corrected chi connectivity index (χ1v) is 25.5. The monoisotopic (exact) mass is 842 g/mol. The van der Waals surface area contributed by atoms with E-state index in [0.29, 0.717) is 0 Å². The van der Waals surface area contributed by atoms with Crippen molar-refractivity contribution >= 4 is 96.3 Å². The van der Waals surface area contributed by atoms with Crippen LogP contribution in [0, 0.1) is 83.1 Å². The lowest BCUT2D eigenvalue weighted by Crippen LogP contribution is -2.73. The summed E-state index contributed by atoms with van der Waals surface area (Å²) in [6.45, 7) is 27.9. The summed E-state index contributed by atoms with van der Waals surface area (Å²) in [5, 5.41) is 6.02. The number of aryl methyl sites for hydroxylation is 12. The molecule has 5 heteroatoms. The van der Waals surface area contributed by atoms with Gasteiger partial charge in [0.15, 0.2) is 8.07 Å². The maximum atomic E-state index is 2.70. The van der Waals surface area contributed by atoms with Crippen molar-refractivity contribution in [1.29, 1.82) is 0 Å². The van der Waals surface area contributed by atoms with Crippen LogP contribution in [0.25, 0.3) is 9.75 Å². The molecule has 302 valence electrons. The van der Waals surface area contributed by atoms with Crippen LogP contribution in [0.5, 0.6) is 0 Å². The summed E-state index contributed by atoms with van der Waals surface area (Å²) in [7, 11) is -2.80. The molecule has 0 saturated carbocycles. The highest BCUT2D eigenvalue weighted by Crippen LogP contribution is 2.36. The van der Waals surface area contributed by atoms with E-state index in [0.717, 1.165) is 0 Å². The van der Waals surface area contributed by atoms with Gasteiger partial charge < -0.3 is 0 Å². The van der Waals surface area contributed by atoms with Crippen molar-refractivity contribution in [2.24, 2.45) is 0 Å². The van der Waals surface area contributed by atoms with Crippen molar-refractivity contribution in [2.45, 2.75) is 83.1 Å². The van der Waals surface area contributed by atoms with Crippen LogP contribution in [0.15, 0.2) is 121 Å². The van der Waals surface area contributed by atoms with Crippen LogP contribution >= 0.6 is 22.7 Å². The third-order valence-corrected chi connectivity index (χ3v) is 21.3. The lowest BCUT2D eigenvalue weighted by atomic mass is 9.37. The molecule has 6 aromatic carbocycles. The first-order valence-electron chi connectivity index (χ1n) is 21.9. The number of fused-ring (bicyclic) bond motifs is 3. The molecule has 0 unspecified atom stereocenters. The van der Waals surface area contributed by atoms with Crippen LogP contribution in [-0.2, 0) is 0 Å². The highest BCUT2D eigenvalue weighted by atomic mass is 32.1. The number of hydrogen-bond donors (Lipinski definition) is 0. The number of benzene rings is 6. The van der Waals surface area contributed by atoms with Crippen molar-refractivity contribution in [3.63, 3.8) is 0 Å². The van der Waals surface area contributed by atoms with Crippen molar-refractivity contribution in [3.8, 4) is 9.75 Å². The van der Waals surface area contributed by atoms with Gasteiger partial charge in [-0.2, -0.15) is 0 Å². The summed E-state index contributed by atoms with van der Waals surface area (Å²) >= 11 is 4.15. The zero-order valence-corrected chi connectivity index (χ0v) is 40.7. The first-order chi connectivity index (χ1) is 29.2. The predicted molar refractivity (Wildman–Crippen MR) is 277 cm³/mol. The van der Waals surface area contributed by atoms with E-state index in [9.17, 15) is 0 Å². The Hall–Kier alpha value is -4.93. The molecule has 9 rings (SSSR count). The molecule has 0 spiro atoms. The van der Waals surface area contributed by atoms with E-state index in [-0.39, 0.29) is 13.4 Å². The summed E-state index contributed by atoms with van der Waals surface area (Å²) in [4.78, 5) is 2.95. The van der Waals surface area contributed by atoms with Gasteiger partial charge in [-0.15, -0.1) is 22.7 Å². The Balaban J connectivity index is 1.40. The van der Waals surface area contributed by atoms with Crippen LogP contribution in [0.4, 0.5) is 0 Å². The molecule has 0 atom stereocenters. The van der Waals surface area contributed by atoms with Gasteiger partial charge in [-0.1, -0.05) is 210 Å². The Labute approximate surface area is 375 Å². The van der Waals surface area contributed by atoms with Crippen molar-refractivity contribution in [3.05, 3.63) is 188 Å². The second-order valence-corrected chi connectivity index (χ2v) is 24.3. The van der Waals surface area contributed by atoms with Crippen LogP contribution in [0.2, 0.25) is 0 Å². The second-order valence-electron chi connectivity index (χ2n) is 18.4. The minimum absolute atomic E-state index is 0.126. The van der Waals surface area contributed by atoms with Crippen LogP contribution in [-0.4, -0.2) is 21.5 Å². The van der Waals surface area contributed by atoms with Crippen molar-refractivity contribution < 1.29 is 0 Å². The standard InChI is InChI=1S/C56H56B2S2Si/c1-33-23-37(5)51(38(6)24-33)57(52-39(7)25-34(2)26-40(52)8)49-31-47-55(59-49)56-48(61(47,45-19-15-13-16-20-45)46-21-17-14-18-22-46)32-50(60-56)58(53-41(9)27-35(3)28-42(53)10)54-43(11)29-36(4)30-44(54)12/h13-32H,1-12H3. The fourth-order valence-corrected chi connectivity index (χ4v) is 20.8. The molecular weight excluding hydrogens is 786 g/mol. The molecule has 8 aromatic rings. The minimum Gasteiger partial charge on any atom is -0.149 e. The second kappa shape index (κ2) is 15.8. The van der Waals surface area contributed by atoms with Crippen molar-refractivity contribution in [1.82, 2.24) is 0 Å². The lowest BCUT2D eigenvalue weighted by Gasteiger charge is -2.30. The molecule has 1 aliphatic rings. The zero-order chi connectivity index (χ0) is 43.1. The van der Waals surface area contributed by atoms with Crippen LogP contribution < -0.4 is 52.2 Å². The summed E-state index contributed by atoms with van der Waals surface area (Å²) in [6, 6.07) is 47.8. The van der Waals surface area contributed by atoms with Crippen LogP contribution in [0.3, 0.4) is 0 Å². The minimum atomic E-state index is -2.80. The fourth-order valence-electron chi connectivity index (χ4n) is 11.8. The molecule has 0 amide bonds. The van der Waals surface area contributed by atoms with Crippen molar-refractivity contribution in [2.75, 3.05) is 0 Å². The Bertz CT molecular complexity index is 2590. The maximum Gasteiger partial charge on any atom is 0.255 e. The molecule has 0 radical (unpaired) electrons. The molecule has 0 N–H and O–H groups in total. The summed E-state index contributed by atoms with van der Waals surface area (Å²) in [5.74, 6) is 0. The van der Waals surface area contributed by atoms with E-state index in [1.807, 2.05) is 0 Å². The van der Waals surface area contributed by atoms with E-state index in [2.05, 4.69) is 227 Å². The van der Waals surface area contributed by atoms with Gasteiger partial charge in [0.25, 0.3) is 13.4 Å². The molecule has 2 aromatic heterocycles. The van der Waals surface area contributed by atoms with Gasteiger partial charge in [-0.3, -0.25) is 0 Å². The van der Waals surface area contributed by atoms with Gasteiger partial charge in [0.2, 0.25) is 0 Å². The van der Waals surface area contributed by atoms with E-state index in [4.69, 9.17) is 0 Å². The normalized spacial score (nSPS) is 12.7. The summed E-state index contributed by atoms with van der Waals surface area (Å²) < 4.78 is 2.90. The SMILES string of the molecule is Cc1cc(C)c(B(c2cc3c(s2)-c2sc(B(c4c(C)cc(C)cc4C)c4c(C)cc(C)cc4C)cc2[Si]3(c2ccccc2)c2ccccc2)c2c(C)cc(C)cc2C)c(C)c1. The highest BCUT2D eigenvalue weighted by molar-refractivity contribution is 7.41. The third kappa shape index (κ3) is 6.80. The largest absolute Gasteiger partial charge is 0.255 e. The molecule has 0 bridgehead atoms.